The molecule has 0 aliphatic rings. The fourth-order valence-electron chi connectivity index (χ4n) is 1.96. The Morgan fingerprint density at radius 2 is 2.17 bits per heavy atom. The number of benzene rings is 1. The highest BCUT2D eigenvalue weighted by Crippen LogP contribution is 2.28. The maximum Gasteiger partial charge on any atom is 0.145 e. The molecule has 0 saturated heterocycles. The van der Waals surface area contributed by atoms with Gasteiger partial charge in [0.25, 0.3) is 0 Å². The highest BCUT2D eigenvalue weighted by molar-refractivity contribution is 5.65. The van der Waals surface area contributed by atoms with Gasteiger partial charge in [-0.2, -0.15) is 5.10 Å². The fraction of sp³-hybridized carbons (Fsp3) is 0.0714. The molecule has 0 amide bonds. The summed E-state index contributed by atoms with van der Waals surface area (Å²) in [5.41, 5.74) is 3.09. The predicted molar refractivity (Wildman–Crippen MR) is 69.9 cm³/mol. The average molecular weight is 239 g/mol. The van der Waals surface area contributed by atoms with Crippen molar-refractivity contribution in [3.05, 3.63) is 55.0 Å². The number of methoxy groups -OCH3 is 1. The lowest BCUT2D eigenvalue weighted by Crippen LogP contribution is -1.98. The van der Waals surface area contributed by atoms with Gasteiger partial charge in [-0.15, -0.1) is 0 Å². The molecular weight excluding hydrogens is 226 g/mol. The summed E-state index contributed by atoms with van der Waals surface area (Å²) in [7, 11) is 1.67. The maximum absolute atomic E-state index is 5.43. The van der Waals surface area contributed by atoms with Gasteiger partial charge in [0.05, 0.1) is 7.11 Å². The molecule has 18 heavy (non-hydrogen) atoms. The third-order valence-electron chi connectivity index (χ3n) is 2.84. The van der Waals surface area contributed by atoms with E-state index >= 15 is 0 Å². The van der Waals surface area contributed by atoms with E-state index in [1.807, 2.05) is 48.8 Å². The van der Waals surface area contributed by atoms with E-state index in [1.165, 1.54) is 0 Å². The van der Waals surface area contributed by atoms with Crippen LogP contribution in [0, 0.1) is 0 Å². The highest BCUT2D eigenvalue weighted by atomic mass is 16.5. The number of H-pyrrole nitrogens is 1. The first-order valence-corrected chi connectivity index (χ1v) is 5.70. The van der Waals surface area contributed by atoms with Crippen molar-refractivity contribution in [3.63, 3.8) is 0 Å². The molecule has 0 aliphatic carbocycles. The molecule has 90 valence electrons. The van der Waals surface area contributed by atoms with E-state index in [4.69, 9.17) is 4.74 Å². The lowest BCUT2D eigenvalue weighted by Gasteiger charge is -2.10. The van der Waals surface area contributed by atoms with Crippen LogP contribution in [0.4, 0.5) is 0 Å². The first-order chi connectivity index (χ1) is 8.88. The molecule has 0 bridgehead atoms. The van der Waals surface area contributed by atoms with Gasteiger partial charge in [-0.3, -0.25) is 0 Å². The van der Waals surface area contributed by atoms with Crippen molar-refractivity contribution in [3.8, 4) is 22.7 Å². The Balaban J connectivity index is 2.08. The van der Waals surface area contributed by atoms with Gasteiger partial charge in [0.15, 0.2) is 0 Å². The molecule has 2 aromatic heterocycles. The van der Waals surface area contributed by atoms with Crippen LogP contribution in [0.15, 0.2) is 55.0 Å². The van der Waals surface area contributed by atoms with Crippen LogP contribution >= 0.6 is 0 Å². The van der Waals surface area contributed by atoms with Crippen LogP contribution in [-0.2, 0) is 0 Å². The summed E-state index contributed by atoms with van der Waals surface area (Å²) in [4.78, 5) is 3.18. The van der Waals surface area contributed by atoms with Crippen molar-refractivity contribution in [2.45, 2.75) is 0 Å². The Labute approximate surface area is 105 Å². The molecule has 0 atom stereocenters. The molecule has 0 saturated carbocycles. The number of nitrogens with one attached hydrogen (secondary N) is 1. The summed E-state index contributed by atoms with van der Waals surface area (Å²) in [6, 6.07) is 11.9. The van der Waals surface area contributed by atoms with Crippen molar-refractivity contribution in [1.29, 1.82) is 0 Å². The van der Waals surface area contributed by atoms with Crippen LogP contribution in [0.3, 0.4) is 0 Å². The smallest absolute Gasteiger partial charge is 0.145 e. The van der Waals surface area contributed by atoms with E-state index in [-0.39, 0.29) is 0 Å². The summed E-state index contributed by atoms with van der Waals surface area (Å²) in [5, 5.41) is 4.22. The second-order valence-corrected chi connectivity index (χ2v) is 3.92. The van der Waals surface area contributed by atoms with Gasteiger partial charge in [0.2, 0.25) is 0 Å². The number of nitrogens with zero attached hydrogens (tertiary/aromatic N) is 2. The first-order valence-electron chi connectivity index (χ1n) is 5.70. The monoisotopic (exact) mass is 239 g/mol. The third kappa shape index (κ3) is 1.78. The molecule has 0 unspecified atom stereocenters. The quantitative estimate of drug-likeness (QED) is 0.763. The summed E-state index contributed by atoms with van der Waals surface area (Å²) < 4.78 is 7.22. The van der Waals surface area contributed by atoms with Gasteiger partial charge in [-0.05, 0) is 30.3 Å². The molecular formula is C14H13N3O. The van der Waals surface area contributed by atoms with Gasteiger partial charge >= 0.3 is 0 Å². The Hall–Kier alpha value is -2.49. The van der Waals surface area contributed by atoms with E-state index in [0.717, 1.165) is 22.7 Å². The molecule has 1 aromatic carbocycles. The Morgan fingerprint density at radius 1 is 1.22 bits per heavy atom. The van der Waals surface area contributed by atoms with Crippen LogP contribution in [0.2, 0.25) is 0 Å². The van der Waals surface area contributed by atoms with Crippen LogP contribution < -0.4 is 4.74 Å². The van der Waals surface area contributed by atoms with Gasteiger partial charge in [0, 0.05) is 29.8 Å². The highest BCUT2D eigenvalue weighted by Gasteiger charge is 2.08. The number of rotatable bonds is 3. The minimum Gasteiger partial charge on any atom is -0.494 e. The van der Waals surface area contributed by atoms with Crippen molar-refractivity contribution >= 4 is 0 Å². The number of ether oxygens (including phenoxy) is 1. The van der Waals surface area contributed by atoms with Crippen LogP contribution in [-0.4, -0.2) is 21.9 Å². The van der Waals surface area contributed by atoms with Crippen molar-refractivity contribution in [1.82, 2.24) is 14.8 Å². The van der Waals surface area contributed by atoms with Crippen LogP contribution in [0.5, 0.6) is 5.75 Å². The molecule has 0 aliphatic heterocycles. The zero-order valence-corrected chi connectivity index (χ0v) is 10.00. The molecule has 4 nitrogen and oxygen atoms in total. The zero-order chi connectivity index (χ0) is 12.4. The minimum absolute atomic E-state index is 0.797. The molecule has 0 radical (unpaired) electrons. The molecule has 0 spiro atoms. The van der Waals surface area contributed by atoms with Gasteiger partial charge in [-0.1, -0.05) is 6.07 Å². The Kier molecular flexibility index (Phi) is 2.61. The summed E-state index contributed by atoms with van der Waals surface area (Å²) in [6.07, 6.45) is 5.55. The molecule has 1 N–H and O–H groups in total. The SMILES string of the molecule is COc1cc(-c2ccc[nH]2)ccc1-n1cccn1. The second-order valence-electron chi connectivity index (χ2n) is 3.92. The molecule has 3 rings (SSSR count). The Bertz CT molecular complexity index is 627. The number of aromatic amines is 1. The molecule has 3 aromatic rings. The van der Waals surface area contributed by atoms with Crippen molar-refractivity contribution in [2.24, 2.45) is 0 Å². The number of aromatic nitrogens is 3. The first kappa shape index (κ1) is 10.7. The normalized spacial score (nSPS) is 10.5. The van der Waals surface area contributed by atoms with Crippen molar-refractivity contribution < 1.29 is 4.74 Å². The zero-order valence-electron chi connectivity index (χ0n) is 10.00. The molecule has 0 fully saturated rings. The second kappa shape index (κ2) is 4.41. The van der Waals surface area contributed by atoms with Gasteiger partial charge < -0.3 is 9.72 Å². The fourth-order valence-corrected chi connectivity index (χ4v) is 1.96. The van der Waals surface area contributed by atoms with E-state index in [9.17, 15) is 0 Å². The van der Waals surface area contributed by atoms with E-state index in [1.54, 1.807) is 18.0 Å². The minimum atomic E-state index is 0.797. The standard InChI is InChI=1S/C14H13N3O/c1-18-14-10-11(12-4-2-7-15-12)5-6-13(14)17-9-3-8-16-17/h2-10,15H,1H3. The van der Waals surface area contributed by atoms with E-state index < -0.39 is 0 Å². The lowest BCUT2D eigenvalue weighted by atomic mass is 10.1. The maximum atomic E-state index is 5.43. The Morgan fingerprint density at radius 3 is 2.83 bits per heavy atom. The summed E-state index contributed by atoms with van der Waals surface area (Å²) in [5.74, 6) is 0.797. The largest absolute Gasteiger partial charge is 0.494 e. The van der Waals surface area contributed by atoms with E-state index in [2.05, 4.69) is 10.1 Å². The number of hydrogen-bond acceptors (Lipinski definition) is 2. The van der Waals surface area contributed by atoms with Gasteiger partial charge in [0.1, 0.15) is 11.4 Å². The van der Waals surface area contributed by atoms with Gasteiger partial charge in [-0.25, -0.2) is 4.68 Å². The predicted octanol–water partition coefficient (Wildman–Crippen LogP) is 2.88. The average Bonchev–Trinajstić information content (AvgIpc) is 3.11. The topological polar surface area (TPSA) is 42.8 Å². The summed E-state index contributed by atoms with van der Waals surface area (Å²) in [6.45, 7) is 0. The van der Waals surface area contributed by atoms with Crippen molar-refractivity contribution in [2.75, 3.05) is 7.11 Å². The third-order valence-corrected chi connectivity index (χ3v) is 2.84. The van der Waals surface area contributed by atoms with E-state index in [0.29, 0.717) is 0 Å². The summed E-state index contributed by atoms with van der Waals surface area (Å²) >= 11 is 0. The lowest BCUT2D eigenvalue weighted by molar-refractivity contribution is 0.412. The van der Waals surface area contributed by atoms with Crippen LogP contribution in [0.1, 0.15) is 0 Å². The molecule has 4 heteroatoms. The van der Waals surface area contributed by atoms with Crippen LogP contribution in [0.25, 0.3) is 16.9 Å². The molecule has 2 heterocycles. The number of hydrogen-bond donors (Lipinski definition) is 1.